The molecular formula is C23H28N2O3. The predicted octanol–water partition coefficient (Wildman–Crippen LogP) is 4.04. The molecule has 2 aromatic rings. The molecule has 28 heavy (non-hydrogen) atoms. The monoisotopic (exact) mass is 380 g/mol. The summed E-state index contributed by atoms with van der Waals surface area (Å²) < 4.78 is 2.23. The third-order valence-electron chi connectivity index (χ3n) is 6.92. The molecule has 148 valence electrons. The third kappa shape index (κ3) is 3.03. The van der Waals surface area contributed by atoms with E-state index < -0.39 is 5.97 Å². The first-order chi connectivity index (χ1) is 13.3. The number of nitrogens with zero attached hydrogens (tertiary/aromatic N) is 2. The van der Waals surface area contributed by atoms with Crippen molar-refractivity contribution in [1.82, 2.24) is 9.47 Å². The van der Waals surface area contributed by atoms with Crippen molar-refractivity contribution in [3.05, 3.63) is 58.9 Å². The first kappa shape index (κ1) is 18.8. The summed E-state index contributed by atoms with van der Waals surface area (Å²) in [7, 11) is 0. The number of hydrogen-bond donors (Lipinski definition) is 1. The lowest BCUT2D eigenvalue weighted by molar-refractivity contribution is -0.139. The van der Waals surface area contributed by atoms with Crippen LogP contribution in [0.15, 0.2) is 36.4 Å². The van der Waals surface area contributed by atoms with Gasteiger partial charge >= 0.3 is 5.97 Å². The highest BCUT2D eigenvalue weighted by atomic mass is 16.4. The lowest BCUT2D eigenvalue weighted by Gasteiger charge is -2.32. The average Bonchev–Trinajstić information content (AvgIpc) is 3.31. The summed E-state index contributed by atoms with van der Waals surface area (Å²) in [4.78, 5) is 26.3. The van der Waals surface area contributed by atoms with E-state index in [4.69, 9.17) is 0 Å². The molecule has 2 fully saturated rings. The van der Waals surface area contributed by atoms with Gasteiger partial charge in [-0.1, -0.05) is 30.3 Å². The first-order valence-electron chi connectivity index (χ1n) is 10.1. The number of rotatable bonds is 4. The van der Waals surface area contributed by atoms with Gasteiger partial charge < -0.3 is 14.6 Å². The van der Waals surface area contributed by atoms with Crippen LogP contribution < -0.4 is 0 Å². The molecule has 1 aromatic carbocycles. The summed E-state index contributed by atoms with van der Waals surface area (Å²) in [6, 6.07) is 12.5. The summed E-state index contributed by atoms with van der Waals surface area (Å²) in [6.45, 7) is 7.54. The van der Waals surface area contributed by atoms with E-state index in [2.05, 4.69) is 30.5 Å². The summed E-state index contributed by atoms with van der Waals surface area (Å²) in [5.74, 6) is -0.818. The molecule has 1 aliphatic carbocycles. The van der Waals surface area contributed by atoms with Gasteiger partial charge in [-0.15, -0.1) is 0 Å². The SMILES string of the molecule is Cc1cc(C(=O)N2CCC3(CC2)CC3C(=O)O)c(C)n1C(C)c1ccccc1. The van der Waals surface area contributed by atoms with Crippen molar-refractivity contribution in [2.24, 2.45) is 11.3 Å². The fourth-order valence-electron chi connectivity index (χ4n) is 5.05. The number of aliphatic carboxylic acids is 1. The van der Waals surface area contributed by atoms with Crippen molar-refractivity contribution in [3.8, 4) is 0 Å². The Hall–Kier alpha value is -2.56. The Morgan fingerprint density at radius 2 is 1.79 bits per heavy atom. The van der Waals surface area contributed by atoms with E-state index in [-0.39, 0.29) is 23.3 Å². The second-order valence-corrected chi connectivity index (χ2v) is 8.49. The highest BCUT2D eigenvalue weighted by Gasteiger charge is 2.59. The number of amides is 1. The van der Waals surface area contributed by atoms with Gasteiger partial charge in [0.1, 0.15) is 0 Å². The maximum Gasteiger partial charge on any atom is 0.307 e. The van der Waals surface area contributed by atoms with E-state index in [1.807, 2.05) is 36.1 Å². The minimum atomic E-state index is -0.682. The number of carboxylic acids is 1. The molecule has 2 atom stereocenters. The zero-order chi connectivity index (χ0) is 20.1. The molecule has 1 saturated heterocycles. The Bertz CT molecular complexity index is 907. The molecule has 1 saturated carbocycles. The van der Waals surface area contributed by atoms with Crippen LogP contribution >= 0.6 is 0 Å². The van der Waals surface area contributed by atoms with Gasteiger partial charge in [0.25, 0.3) is 5.91 Å². The number of hydrogen-bond acceptors (Lipinski definition) is 2. The third-order valence-corrected chi connectivity index (χ3v) is 6.92. The fourth-order valence-corrected chi connectivity index (χ4v) is 5.05. The second kappa shape index (κ2) is 6.80. The lowest BCUT2D eigenvalue weighted by Crippen LogP contribution is -2.40. The number of carboxylic acid groups (broad SMARTS) is 1. The number of aromatic nitrogens is 1. The average molecular weight is 380 g/mol. The number of benzene rings is 1. The van der Waals surface area contributed by atoms with Gasteiger partial charge in [-0.3, -0.25) is 9.59 Å². The van der Waals surface area contributed by atoms with Crippen molar-refractivity contribution in [1.29, 1.82) is 0 Å². The van der Waals surface area contributed by atoms with E-state index in [1.165, 1.54) is 5.56 Å². The Balaban J connectivity index is 1.51. The highest BCUT2D eigenvalue weighted by Crippen LogP contribution is 2.59. The van der Waals surface area contributed by atoms with Crippen LogP contribution in [0.3, 0.4) is 0 Å². The Kier molecular flexibility index (Phi) is 4.56. The van der Waals surface area contributed by atoms with Crippen molar-refractivity contribution >= 4 is 11.9 Å². The van der Waals surface area contributed by atoms with Crippen LogP contribution in [-0.2, 0) is 4.79 Å². The van der Waals surface area contributed by atoms with E-state index in [9.17, 15) is 14.7 Å². The van der Waals surface area contributed by atoms with Crippen molar-refractivity contribution < 1.29 is 14.7 Å². The maximum atomic E-state index is 13.2. The Morgan fingerprint density at radius 3 is 2.36 bits per heavy atom. The number of likely N-dealkylation sites (tertiary alicyclic amines) is 1. The zero-order valence-corrected chi connectivity index (χ0v) is 16.8. The van der Waals surface area contributed by atoms with Crippen LogP contribution in [0, 0.1) is 25.2 Å². The topological polar surface area (TPSA) is 62.5 Å². The van der Waals surface area contributed by atoms with Gasteiger partial charge in [-0.05, 0) is 57.1 Å². The van der Waals surface area contributed by atoms with Crippen molar-refractivity contribution in [2.45, 2.75) is 46.1 Å². The van der Waals surface area contributed by atoms with Crippen LogP contribution in [0.25, 0.3) is 0 Å². The van der Waals surface area contributed by atoms with Crippen LogP contribution in [0.4, 0.5) is 0 Å². The molecule has 0 radical (unpaired) electrons. The minimum absolute atomic E-state index is 0.0542. The fraction of sp³-hybridized carbons (Fsp3) is 0.478. The second-order valence-electron chi connectivity index (χ2n) is 8.49. The normalized spacial score (nSPS) is 21.5. The van der Waals surface area contributed by atoms with Gasteiger partial charge in [0.15, 0.2) is 0 Å². The number of carbonyl (C=O) groups is 2. The molecule has 2 aliphatic rings. The van der Waals surface area contributed by atoms with E-state index in [0.717, 1.165) is 36.2 Å². The van der Waals surface area contributed by atoms with Crippen LogP contribution in [-0.4, -0.2) is 39.5 Å². The van der Waals surface area contributed by atoms with Gasteiger partial charge in [-0.25, -0.2) is 0 Å². The number of aryl methyl sites for hydroxylation is 1. The molecule has 2 unspecified atom stereocenters. The first-order valence-corrected chi connectivity index (χ1v) is 10.1. The van der Waals surface area contributed by atoms with Gasteiger partial charge in [-0.2, -0.15) is 0 Å². The smallest absolute Gasteiger partial charge is 0.307 e. The summed E-state index contributed by atoms with van der Waals surface area (Å²) in [5.41, 5.74) is 4.01. The van der Waals surface area contributed by atoms with Gasteiger partial charge in [0, 0.05) is 24.5 Å². The maximum absolute atomic E-state index is 13.2. The summed E-state index contributed by atoms with van der Waals surface area (Å²) in [6.07, 6.45) is 2.37. The minimum Gasteiger partial charge on any atom is -0.481 e. The number of carbonyl (C=O) groups excluding carboxylic acids is 1. The molecule has 1 spiro atoms. The molecule has 0 bridgehead atoms. The molecular weight excluding hydrogens is 352 g/mol. The Morgan fingerprint density at radius 1 is 1.14 bits per heavy atom. The standard InChI is InChI=1S/C23H28N2O3/c1-15-13-19(17(3)25(15)16(2)18-7-5-4-6-8-18)21(26)24-11-9-23(10-12-24)14-20(23)22(27)28/h4-8,13,16,20H,9-12,14H2,1-3H3,(H,27,28). The van der Waals surface area contributed by atoms with Gasteiger partial charge in [0.05, 0.1) is 17.5 Å². The molecule has 5 heteroatoms. The quantitative estimate of drug-likeness (QED) is 0.871. The molecule has 1 amide bonds. The zero-order valence-electron chi connectivity index (χ0n) is 16.8. The highest BCUT2D eigenvalue weighted by molar-refractivity contribution is 5.96. The molecule has 1 aliphatic heterocycles. The lowest BCUT2D eigenvalue weighted by atomic mass is 9.90. The predicted molar refractivity (Wildman–Crippen MR) is 107 cm³/mol. The Labute approximate surface area is 166 Å². The van der Waals surface area contributed by atoms with E-state index >= 15 is 0 Å². The van der Waals surface area contributed by atoms with Crippen LogP contribution in [0.5, 0.6) is 0 Å². The molecule has 5 nitrogen and oxygen atoms in total. The molecule has 1 N–H and O–H groups in total. The largest absolute Gasteiger partial charge is 0.481 e. The summed E-state index contributed by atoms with van der Waals surface area (Å²) >= 11 is 0. The molecule has 2 heterocycles. The number of piperidine rings is 1. The van der Waals surface area contributed by atoms with E-state index in [0.29, 0.717) is 13.1 Å². The summed E-state index contributed by atoms with van der Waals surface area (Å²) in [5, 5.41) is 9.26. The van der Waals surface area contributed by atoms with E-state index in [1.54, 1.807) is 0 Å². The van der Waals surface area contributed by atoms with Gasteiger partial charge in [0.2, 0.25) is 0 Å². The van der Waals surface area contributed by atoms with Crippen LogP contribution in [0.1, 0.15) is 59.5 Å². The van der Waals surface area contributed by atoms with Crippen molar-refractivity contribution in [2.75, 3.05) is 13.1 Å². The van der Waals surface area contributed by atoms with Crippen LogP contribution in [0.2, 0.25) is 0 Å². The molecule has 4 rings (SSSR count). The van der Waals surface area contributed by atoms with Crippen molar-refractivity contribution in [3.63, 3.8) is 0 Å². The molecule has 1 aromatic heterocycles.